The second-order valence-electron chi connectivity index (χ2n) is 4.29. The number of carboxylic acids is 1. The third-order valence-corrected chi connectivity index (χ3v) is 3.57. The smallest absolute Gasteiger partial charge is 0.358 e. The van der Waals surface area contributed by atoms with Crippen molar-refractivity contribution in [2.45, 2.75) is 19.5 Å². The van der Waals surface area contributed by atoms with E-state index in [9.17, 15) is 9.59 Å². The van der Waals surface area contributed by atoms with Gasteiger partial charge in [-0.25, -0.2) is 14.5 Å². The number of hydrogen-bond acceptors (Lipinski definition) is 7. The summed E-state index contributed by atoms with van der Waals surface area (Å²) in [4.78, 5) is 26.6. The molecule has 2 heterocycles. The third kappa shape index (κ3) is 3.83. The normalized spacial score (nSPS) is 12.1. The summed E-state index contributed by atoms with van der Waals surface area (Å²) >= 11 is 1.33. The molecule has 1 amide bonds. The van der Waals surface area contributed by atoms with Crippen molar-refractivity contribution in [2.75, 3.05) is 6.54 Å². The van der Waals surface area contributed by atoms with Gasteiger partial charge in [-0.1, -0.05) is 5.21 Å². The first-order valence-electron chi connectivity index (χ1n) is 6.10. The summed E-state index contributed by atoms with van der Waals surface area (Å²) in [7, 11) is 0. The van der Waals surface area contributed by atoms with E-state index in [4.69, 9.17) is 10.8 Å². The van der Waals surface area contributed by atoms with E-state index in [1.54, 1.807) is 12.3 Å². The van der Waals surface area contributed by atoms with Crippen LogP contribution in [0.25, 0.3) is 0 Å². The number of nitrogens with one attached hydrogen (secondary N) is 1. The standard InChI is InChI=1S/C11H14N6O3S/c1-6(12)10-14-8(5-21-10)9(18)13-2-3-17-4-7(11(19)20)15-16-17/h4-6H,2-3,12H2,1H3,(H,13,18)(H,19,20). The van der Waals surface area contributed by atoms with Crippen LogP contribution in [0.5, 0.6) is 0 Å². The number of carboxylic acid groups (broad SMARTS) is 1. The van der Waals surface area contributed by atoms with Crippen LogP contribution in [0.15, 0.2) is 11.6 Å². The largest absolute Gasteiger partial charge is 0.476 e. The Balaban J connectivity index is 1.84. The fourth-order valence-corrected chi connectivity index (χ4v) is 2.24. The molecule has 0 aromatic carbocycles. The van der Waals surface area contributed by atoms with Gasteiger partial charge in [-0.15, -0.1) is 16.4 Å². The van der Waals surface area contributed by atoms with Crippen molar-refractivity contribution in [3.8, 4) is 0 Å². The predicted octanol–water partition coefficient (Wildman–Crippen LogP) is -0.117. The maximum Gasteiger partial charge on any atom is 0.358 e. The van der Waals surface area contributed by atoms with Crippen molar-refractivity contribution in [1.29, 1.82) is 0 Å². The van der Waals surface area contributed by atoms with Gasteiger partial charge < -0.3 is 16.2 Å². The lowest BCUT2D eigenvalue weighted by molar-refractivity contribution is 0.0690. The first-order chi connectivity index (χ1) is 9.97. The highest BCUT2D eigenvalue weighted by molar-refractivity contribution is 7.09. The number of carbonyl (C=O) groups is 2. The zero-order valence-corrected chi connectivity index (χ0v) is 12.0. The average molecular weight is 310 g/mol. The minimum absolute atomic E-state index is 0.137. The first-order valence-corrected chi connectivity index (χ1v) is 6.98. The molecular weight excluding hydrogens is 296 g/mol. The molecule has 2 rings (SSSR count). The van der Waals surface area contributed by atoms with Crippen molar-refractivity contribution in [3.63, 3.8) is 0 Å². The van der Waals surface area contributed by atoms with Crippen molar-refractivity contribution in [2.24, 2.45) is 5.73 Å². The van der Waals surface area contributed by atoms with Gasteiger partial charge in [0.2, 0.25) is 0 Å². The molecule has 4 N–H and O–H groups in total. The zero-order valence-electron chi connectivity index (χ0n) is 11.2. The molecule has 10 heteroatoms. The summed E-state index contributed by atoms with van der Waals surface area (Å²) in [6.07, 6.45) is 1.30. The number of aromatic nitrogens is 4. The molecule has 0 aliphatic rings. The van der Waals surface area contributed by atoms with Crippen molar-refractivity contribution < 1.29 is 14.7 Å². The first kappa shape index (κ1) is 15.1. The third-order valence-electron chi connectivity index (χ3n) is 2.53. The number of aromatic carboxylic acids is 1. The Morgan fingerprint density at radius 2 is 2.29 bits per heavy atom. The van der Waals surface area contributed by atoms with Gasteiger partial charge in [-0.3, -0.25) is 4.79 Å². The van der Waals surface area contributed by atoms with Gasteiger partial charge in [-0.2, -0.15) is 0 Å². The van der Waals surface area contributed by atoms with Gasteiger partial charge in [0.1, 0.15) is 10.7 Å². The molecule has 1 atom stereocenters. The molecule has 0 radical (unpaired) electrons. The minimum atomic E-state index is -1.14. The number of nitrogens with two attached hydrogens (primary N) is 1. The van der Waals surface area contributed by atoms with Crippen LogP contribution >= 0.6 is 11.3 Å². The van der Waals surface area contributed by atoms with Crippen molar-refractivity contribution in [1.82, 2.24) is 25.3 Å². The Labute approximate surface area is 123 Å². The van der Waals surface area contributed by atoms with Gasteiger partial charge in [0.15, 0.2) is 5.69 Å². The number of nitrogens with zero attached hydrogens (tertiary/aromatic N) is 4. The molecule has 0 bridgehead atoms. The molecule has 21 heavy (non-hydrogen) atoms. The number of amides is 1. The number of rotatable bonds is 6. The second kappa shape index (κ2) is 6.41. The molecule has 0 saturated heterocycles. The Morgan fingerprint density at radius 3 is 2.86 bits per heavy atom. The maximum atomic E-state index is 11.8. The summed E-state index contributed by atoms with van der Waals surface area (Å²) in [5, 5.41) is 20.8. The quantitative estimate of drug-likeness (QED) is 0.676. The van der Waals surface area contributed by atoms with E-state index in [1.165, 1.54) is 22.2 Å². The van der Waals surface area contributed by atoms with Crippen LogP contribution in [0.3, 0.4) is 0 Å². The van der Waals surface area contributed by atoms with Gasteiger partial charge >= 0.3 is 5.97 Å². The lowest BCUT2D eigenvalue weighted by Crippen LogP contribution is -2.27. The molecule has 2 aromatic heterocycles. The second-order valence-corrected chi connectivity index (χ2v) is 5.18. The Bertz CT molecular complexity index is 650. The predicted molar refractivity (Wildman–Crippen MR) is 74.0 cm³/mol. The van der Waals surface area contributed by atoms with Crippen molar-refractivity contribution >= 4 is 23.2 Å². The van der Waals surface area contributed by atoms with Crippen LogP contribution in [0.1, 0.15) is 39.0 Å². The Kier molecular flexibility index (Phi) is 4.60. The number of thiazole rings is 1. The summed E-state index contributed by atoms with van der Waals surface area (Å²) in [5.74, 6) is -1.45. The number of hydrogen-bond donors (Lipinski definition) is 3. The number of carbonyl (C=O) groups excluding carboxylic acids is 1. The van der Waals surface area contributed by atoms with Crippen LogP contribution in [0, 0.1) is 0 Å². The van der Waals surface area contributed by atoms with E-state index >= 15 is 0 Å². The fraction of sp³-hybridized carbons (Fsp3) is 0.364. The van der Waals surface area contributed by atoms with E-state index in [1.807, 2.05) is 0 Å². The van der Waals surface area contributed by atoms with Crippen LogP contribution in [0.2, 0.25) is 0 Å². The lowest BCUT2D eigenvalue weighted by Gasteiger charge is -2.03. The summed E-state index contributed by atoms with van der Waals surface area (Å²) in [6, 6.07) is -0.207. The van der Waals surface area contributed by atoms with Gasteiger partial charge in [0.25, 0.3) is 5.91 Å². The molecule has 9 nitrogen and oxygen atoms in total. The fourth-order valence-electron chi connectivity index (χ4n) is 1.48. The van der Waals surface area contributed by atoms with Gasteiger partial charge in [0.05, 0.1) is 18.8 Å². The van der Waals surface area contributed by atoms with Gasteiger partial charge in [-0.05, 0) is 6.92 Å². The Hall–Kier alpha value is -2.33. The summed E-state index contributed by atoms with van der Waals surface area (Å²) < 4.78 is 1.35. The van der Waals surface area contributed by atoms with E-state index in [-0.39, 0.29) is 24.2 Å². The molecule has 0 aliphatic heterocycles. The van der Waals surface area contributed by atoms with Gasteiger partial charge in [0, 0.05) is 11.9 Å². The van der Waals surface area contributed by atoms with Crippen molar-refractivity contribution in [3.05, 3.63) is 28.0 Å². The van der Waals surface area contributed by atoms with E-state index < -0.39 is 5.97 Å². The molecule has 112 valence electrons. The molecule has 0 saturated carbocycles. The highest BCUT2D eigenvalue weighted by Crippen LogP contribution is 2.15. The molecule has 0 spiro atoms. The molecule has 0 aliphatic carbocycles. The monoisotopic (exact) mass is 310 g/mol. The lowest BCUT2D eigenvalue weighted by atomic mass is 10.4. The average Bonchev–Trinajstić information content (AvgIpc) is 3.07. The topological polar surface area (TPSA) is 136 Å². The molecule has 1 unspecified atom stereocenters. The van der Waals surface area contributed by atoms with Crippen LogP contribution in [0.4, 0.5) is 0 Å². The summed E-state index contributed by atoms with van der Waals surface area (Å²) in [5.41, 5.74) is 5.86. The van der Waals surface area contributed by atoms with E-state index in [0.29, 0.717) is 17.2 Å². The maximum absolute atomic E-state index is 11.8. The van der Waals surface area contributed by atoms with Crippen LogP contribution in [-0.4, -0.2) is 43.5 Å². The van der Waals surface area contributed by atoms with Crippen LogP contribution in [-0.2, 0) is 6.54 Å². The molecular formula is C11H14N6O3S. The van der Waals surface area contributed by atoms with E-state index in [0.717, 1.165) is 0 Å². The SMILES string of the molecule is CC(N)c1nc(C(=O)NCCn2cc(C(=O)O)nn2)cs1. The summed E-state index contributed by atoms with van der Waals surface area (Å²) in [6.45, 7) is 2.40. The highest BCUT2D eigenvalue weighted by Gasteiger charge is 2.12. The zero-order chi connectivity index (χ0) is 15.4. The van der Waals surface area contributed by atoms with Crippen LogP contribution < -0.4 is 11.1 Å². The molecule has 2 aromatic rings. The van der Waals surface area contributed by atoms with E-state index in [2.05, 4.69) is 20.6 Å². The molecule has 0 fully saturated rings. The Morgan fingerprint density at radius 1 is 1.52 bits per heavy atom. The highest BCUT2D eigenvalue weighted by atomic mass is 32.1. The minimum Gasteiger partial charge on any atom is -0.476 e.